The van der Waals surface area contributed by atoms with Crippen LogP contribution in [0.5, 0.6) is 5.75 Å². The lowest BCUT2D eigenvalue weighted by atomic mass is 10.1. The molecule has 5 nitrogen and oxygen atoms in total. The molecule has 0 unspecified atom stereocenters. The third kappa shape index (κ3) is 5.04. The molecule has 0 radical (unpaired) electrons. The lowest BCUT2D eigenvalue weighted by Gasteiger charge is -2.25. The highest BCUT2D eigenvalue weighted by Crippen LogP contribution is 2.28. The molecule has 27 heavy (non-hydrogen) atoms. The first-order valence-electron chi connectivity index (χ1n) is 8.82. The summed E-state index contributed by atoms with van der Waals surface area (Å²) < 4.78 is 11.0. The number of thioether (sulfide) groups is 1. The largest absolute Gasteiger partial charge is 0.496 e. The molecule has 1 atom stereocenters. The number of amides is 1. The molecular weight excluding hydrogens is 362 g/mol. The first-order chi connectivity index (χ1) is 13.0. The molecule has 144 valence electrons. The molecule has 0 spiro atoms. The van der Waals surface area contributed by atoms with Crippen molar-refractivity contribution >= 4 is 23.6 Å². The number of carbonyl (C=O) groups excluding carboxylic acids is 2. The Bertz CT molecular complexity index is 775. The number of rotatable bonds is 8. The minimum atomic E-state index is -0.997. The first-order valence-corrected chi connectivity index (χ1v) is 10.0. The van der Waals surface area contributed by atoms with Gasteiger partial charge in [-0.25, -0.2) is 4.79 Å². The number of nitrogens with zero attached hydrogens (tertiary/aromatic N) is 1. The van der Waals surface area contributed by atoms with Gasteiger partial charge in [0.25, 0.3) is 5.91 Å². The Morgan fingerprint density at radius 2 is 1.74 bits per heavy atom. The van der Waals surface area contributed by atoms with Gasteiger partial charge >= 0.3 is 5.97 Å². The van der Waals surface area contributed by atoms with Gasteiger partial charge in [-0.2, -0.15) is 0 Å². The molecule has 0 aliphatic rings. The normalized spacial score (nSPS) is 11.6. The minimum absolute atomic E-state index is 0.237. The van der Waals surface area contributed by atoms with Crippen molar-refractivity contribution in [2.24, 2.45) is 0 Å². The number of benzene rings is 2. The van der Waals surface area contributed by atoms with Crippen LogP contribution < -0.4 is 4.74 Å². The van der Waals surface area contributed by atoms with E-state index in [1.807, 2.05) is 44.4 Å². The van der Waals surface area contributed by atoms with Crippen LogP contribution in [-0.4, -0.2) is 43.2 Å². The maximum absolute atomic E-state index is 12.9. The molecule has 0 saturated carbocycles. The summed E-state index contributed by atoms with van der Waals surface area (Å²) in [6.45, 7) is 4.88. The van der Waals surface area contributed by atoms with Crippen LogP contribution in [0.4, 0.5) is 0 Å². The maximum Gasteiger partial charge on any atom is 0.343 e. The molecule has 0 N–H and O–H groups in total. The van der Waals surface area contributed by atoms with Crippen LogP contribution in [0.3, 0.4) is 0 Å². The molecule has 2 aromatic carbocycles. The lowest BCUT2D eigenvalue weighted by molar-refractivity contribution is -0.140. The van der Waals surface area contributed by atoms with Gasteiger partial charge in [0.15, 0.2) is 0 Å². The zero-order valence-electron chi connectivity index (χ0n) is 16.1. The Hall–Kier alpha value is -2.47. The van der Waals surface area contributed by atoms with Crippen molar-refractivity contribution in [3.8, 4) is 5.75 Å². The second-order valence-electron chi connectivity index (χ2n) is 5.77. The van der Waals surface area contributed by atoms with Gasteiger partial charge in [0, 0.05) is 23.5 Å². The third-order valence-corrected chi connectivity index (χ3v) is 4.98. The number of esters is 1. The predicted octanol–water partition coefficient (Wildman–Crippen LogP) is 4.18. The summed E-state index contributed by atoms with van der Waals surface area (Å²) in [6, 6.07) is 14.3. The molecule has 0 aromatic heterocycles. The van der Waals surface area contributed by atoms with Crippen LogP contribution in [0.2, 0.25) is 0 Å². The fourth-order valence-electron chi connectivity index (χ4n) is 2.73. The Kier molecular flexibility index (Phi) is 7.73. The molecule has 0 fully saturated rings. The van der Waals surface area contributed by atoms with E-state index in [-0.39, 0.29) is 5.91 Å². The van der Waals surface area contributed by atoms with Crippen molar-refractivity contribution in [3.63, 3.8) is 0 Å². The van der Waals surface area contributed by atoms with Crippen LogP contribution in [0.1, 0.15) is 35.9 Å². The molecular formula is C21H25NO4S. The Morgan fingerprint density at radius 3 is 2.30 bits per heavy atom. The quantitative estimate of drug-likeness (QED) is 0.502. The van der Waals surface area contributed by atoms with Crippen LogP contribution >= 0.6 is 11.8 Å². The topological polar surface area (TPSA) is 55.8 Å². The van der Waals surface area contributed by atoms with Crippen LogP contribution in [-0.2, 0) is 9.53 Å². The summed E-state index contributed by atoms with van der Waals surface area (Å²) in [6.07, 6.45) is 0.949. The zero-order valence-corrected chi connectivity index (χ0v) is 16.9. The van der Waals surface area contributed by atoms with Gasteiger partial charge in [-0.1, -0.05) is 30.3 Å². The summed E-state index contributed by atoms with van der Waals surface area (Å²) in [5, 5.41) is 0. The van der Waals surface area contributed by atoms with E-state index in [1.54, 1.807) is 40.9 Å². The van der Waals surface area contributed by atoms with Crippen molar-refractivity contribution in [2.75, 3.05) is 26.5 Å². The Morgan fingerprint density at radius 1 is 1.07 bits per heavy atom. The van der Waals surface area contributed by atoms with Crippen LogP contribution in [0.25, 0.3) is 0 Å². The second kappa shape index (κ2) is 10.0. The fraction of sp³-hybridized carbons (Fsp3) is 0.333. The lowest BCUT2D eigenvalue weighted by Crippen LogP contribution is -2.36. The van der Waals surface area contributed by atoms with Crippen molar-refractivity contribution in [3.05, 3.63) is 59.7 Å². The van der Waals surface area contributed by atoms with Gasteiger partial charge in [0.05, 0.1) is 7.11 Å². The van der Waals surface area contributed by atoms with E-state index in [9.17, 15) is 9.59 Å². The minimum Gasteiger partial charge on any atom is -0.496 e. The molecule has 0 aliphatic heterocycles. The smallest absolute Gasteiger partial charge is 0.343 e. The SMILES string of the molecule is CCN(CC)C(=O)[C@H](OC(=O)c1ccc(SC)cc1OC)c1ccccc1. The fourth-order valence-corrected chi connectivity index (χ4v) is 3.16. The average Bonchev–Trinajstić information content (AvgIpc) is 2.72. The number of methoxy groups -OCH3 is 1. The van der Waals surface area contributed by atoms with E-state index in [2.05, 4.69) is 0 Å². The summed E-state index contributed by atoms with van der Waals surface area (Å²) >= 11 is 1.55. The third-order valence-electron chi connectivity index (χ3n) is 4.26. The summed E-state index contributed by atoms with van der Waals surface area (Å²) in [4.78, 5) is 28.4. The van der Waals surface area contributed by atoms with Gasteiger partial charge in [-0.3, -0.25) is 4.79 Å². The Balaban J connectivity index is 2.35. The first kappa shape index (κ1) is 20.8. The van der Waals surface area contributed by atoms with Crippen molar-refractivity contribution in [1.29, 1.82) is 0 Å². The zero-order chi connectivity index (χ0) is 19.8. The van der Waals surface area contributed by atoms with Crippen molar-refractivity contribution in [1.82, 2.24) is 4.90 Å². The second-order valence-corrected chi connectivity index (χ2v) is 6.65. The highest BCUT2D eigenvalue weighted by Gasteiger charge is 2.29. The number of likely N-dealkylation sites (N-methyl/N-ethyl adjacent to an activating group) is 1. The van der Waals surface area contributed by atoms with E-state index >= 15 is 0 Å². The van der Waals surface area contributed by atoms with E-state index in [4.69, 9.17) is 9.47 Å². The number of ether oxygens (including phenoxy) is 2. The summed E-state index contributed by atoms with van der Waals surface area (Å²) in [5.74, 6) is -0.401. The molecule has 2 aromatic rings. The number of hydrogen-bond acceptors (Lipinski definition) is 5. The van der Waals surface area contributed by atoms with Gasteiger partial charge in [0.2, 0.25) is 6.10 Å². The van der Waals surface area contributed by atoms with E-state index in [0.29, 0.717) is 30.0 Å². The predicted molar refractivity (Wildman–Crippen MR) is 107 cm³/mol. The highest BCUT2D eigenvalue weighted by atomic mass is 32.2. The average molecular weight is 388 g/mol. The van der Waals surface area contributed by atoms with Gasteiger partial charge in [0.1, 0.15) is 11.3 Å². The maximum atomic E-state index is 12.9. The molecule has 6 heteroatoms. The molecule has 0 aliphatic carbocycles. The van der Waals surface area contributed by atoms with Gasteiger partial charge in [-0.15, -0.1) is 11.8 Å². The number of hydrogen-bond donors (Lipinski definition) is 0. The standard InChI is InChI=1S/C21H25NO4S/c1-5-22(6-2)20(23)19(15-10-8-7-9-11-15)26-21(24)17-13-12-16(27-4)14-18(17)25-3/h7-14,19H,5-6H2,1-4H3/t19-/m1/s1. The molecule has 2 rings (SSSR count). The highest BCUT2D eigenvalue weighted by molar-refractivity contribution is 7.98. The van der Waals surface area contributed by atoms with Crippen molar-refractivity contribution < 1.29 is 19.1 Å². The van der Waals surface area contributed by atoms with Crippen LogP contribution in [0.15, 0.2) is 53.4 Å². The van der Waals surface area contributed by atoms with Crippen molar-refractivity contribution in [2.45, 2.75) is 24.8 Å². The summed E-state index contributed by atoms with van der Waals surface area (Å²) in [5.41, 5.74) is 0.936. The van der Waals surface area contributed by atoms with E-state index in [1.165, 1.54) is 7.11 Å². The van der Waals surface area contributed by atoms with Gasteiger partial charge < -0.3 is 14.4 Å². The van der Waals surface area contributed by atoms with E-state index < -0.39 is 12.1 Å². The molecule has 0 saturated heterocycles. The van der Waals surface area contributed by atoms with E-state index in [0.717, 1.165) is 4.90 Å². The molecule has 0 heterocycles. The van der Waals surface area contributed by atoms with Gasteiger partial charge in [-0.05, 0) is 38.3 Å². The Labute approximate surface area is 164 Å². The molecule has 1 amide bonds. The monoisotopic (exact) mass is 387 g/mol. The molecule has 0 bridgehead atoms. The number of carbonyl (C=O) groups is 2. The summed E-state index contributed by atoms with van der Waals surface area (Å²) in [7, 11) is 1.51. The van der Waals surface area contributed by atoms with Crippen LogP contribution in [0, 0.1) is 0 Å².